The van der Waals surface area contributed by atoms with Gasteiger partial charge in [0.25, 0.3) is 0 Å². The van der Waals surface area contributed by atoms with Gasteiger partial charge in [-0.15, -0.1) is 0 Å². The predicted molar refractivity (Wildman–Crippen MR) is 226 cm³/mol. The molecule has 1 aliphatic rings. The maximum absolute atomic E-state index is 4.56. The van der Waals surface area contributed by atoms with Crippen molar-refractivity contribution in [2.75, 3.05) is 9.80 Å². The first-order valence-electron chi connectivity index (χ1n) is 18.5. The van der Waals surface area contributed by atoms with Gasteiger partial charge in [-0.05, 0) is 113 Å². The Hall–Kier alpha value is -6.91. The minimum Gasteiger partial charge on any atom is -0.311 e. The average molecular weight is 695 g/mol. The van der Waals surface area contributed by atoms with E-state index in [4.69, 9.17) is 0 Å². The molecule has 0 fully saturated rings. The van der Waals surface area contributed by atoms with Crippen molar-refractivity contribution >= 4 is 55.9 Å². The van der Waals surface area contributed by atoms with Crippen LogP contribution in [0.4, 0.5) is 34.1 Å². The Bertz CT molecular complexity index is 2750. The van der Waals surface area contributed by atoms with E-state index in [0.717, 1.165) is 44.9 Å². The largest absolute Gasteiger partial charge is 0.311 e. The first-order chi connectivity index (χ1) is 26.6. The molecule has 258 valence electrons. The third-order valence-electron chi connectivity index (χ3n) is 11.0. The van der Waals surface area contributed by atoms with E-state index in [2.05, 4.69) is 215 Å². The number of aromatic nitrogens is 2. The molecule has 0 saturated heterocycles. The van der Waals surface area contributed by atoms with Crippen LogP contribution in [0.1, 0.15) is 25.0 Å². The Morgan fingerprint density at radius 2 is 1.06 bits per heavy atom. The fourth-order valence-electron chi connectivity index (χ4n) is 8.41. The molecule has 10 rings (SSSR count). The van der Waals surface area contributed by atoms with Crippen LogP contribution in [-0.4, -0.2) is 9.55 Å². The van der Waals surface area contributed by atoms with Crippen molar-refractivity contribution in [1.29, 1.82) is 0 Å². The summed E-state index contributed by atoms with van der Waals surface area (Å²) in [6.45, 7) is 4.71. The molecule has 2 aromatic heterocycles. The van der Waals surface area contributed by atoms with E-state index in [1.807, 2.05) is 12.4 Å². The lowest BCUT2D eigenvalue weighted by molar-refractivity contribution is 0.632. The number of nitrogens with zero attached hydrogens (tertiary/aromatic N) is 4. The van der Waals surface area contributed by atoms with Crippen LogP contribution in [0, 0.1) is 0 Å². The SMILES string of the molecule is CC1(C)c2ccccc2N(c2ccc3c(c2)c2cnccc2n3-c2ccccc2)c2ccc(-c3ccc(N(c4ccccc4)c4ccccc4)cc3)cc21. The predicted octanol–water partition coefficient (Wildman–Crippen LogP) is 13.4. The molecule has 7 aromatic carbocycles. The Balaban J connectivity index is 1.09. The number of anilines is 6. The zero-order valence-electron chi connectivity index (χ0n) is 30.3. The highest BCUT2D eigenvalue weighted by molar-refractivity contribution is 6.10. The Morgan fingerprint density at radius 1 is 0.463 bits per heavy atom. The second-order valence-electron chi connectivity index (χ2n) is 14.5. The lowest BCUT2D eigenvalue weighted by Gasteiger charge is -2.42. The molecular weight excluding hydrogens is 657 g/mol. The fraction of sp³-hybridized carbons (Fsp3) is 0.0600. The molecule has 1 aliphatic heterocycles. The first-order valence-corrected chi connectivity index (χ1v) is 18.5. The van der Waals surface area contributed by atoms with Crippen LogP contribution >= 0.6 is 0 Å². The van der Waals surface area contributed by atoms with Crippen molar-refractivity contribution in [2.45, 2.75) is 19.3 Å². The van der Waals surface area contributed by atoms with Crippen LogP contribution in [0.3, 0.4) is 0 Å². The zero-order valence-corrected chi connectivity index (χ0v) is 30.3. The zero-order chi connectivity index (χ0) is 36.2. The summed E-state index contributed by atoms with van der Waals surface area (Å²) in [6, 6.07) is 65.6. The van der Waals surface area contributed by atoms with Crippen LogP contribution in [0.15, 0.2) is 194 Å². The summed E-state index contributed by atoms with van der Waals surface area (Å²) in [4.78, 5) is 9.31. The number of hydrogen-bond acceptors (Lipinski definition) is 3. The molecule has 9 aromatic rings. The Morgan fingerprint density at radius 3 is 1.78 bits per heavy atom. The second kappa shape index (κ2) is 12.6. The van der Waals surface area contributed by atoms with Gasteiger partial charge in [-0.1, -0.05) is 105 Å². The summed E-state index contributed by atoms with van der Waals surface area (Å²) >= 11 is 0. The smallest absolute Gasteiger partial charge is 0.0571 e. The highest BCUT2D eigenvalue weighted by atomic mass is 15.2. The molecule has 0 unspecified atom stereocenters. The minimum absolute atomic E-state index is 0.215. The van der Waals surface area contributed by atoms with Gasteiger partial charge in [-0.3, -0.25) is 4.98 Å². The maximum atomic E-state index is 4.56. The van der Waals surface area contributed by atoms with Crippen LogP contribution in [0.5, 0.6) is 0 Å². The first kappa shape index (κ1) is 31.8. The molecule has 54 heavy (non-hydrogen) atoms. The Kier molecular flexibility index (Phi) is 7.44. The summed E-state index contributed by atoms with van der Waals surface area (Å²) < 4.78 is 2.34. The third kappa shape index (κ3) is 5.10. The molecule has 4 nitrogen and oxygen atoms in total. The van der Waals surface area contributed by atoms with Gasteiger partial charge in [-0.2, -0.15) is 0 Å². The van der Waals surface area contributed by atoms with Gasteiger partial charge < -0.3 is 14.4 Å². The number of fused-ring (bicyclic) bond motifs is 5. The molecular formula is C50H38N4. The highest BCUT2D eigenvalue weighted by Gasteiger charge is 2.37. The van der Waals surface area contributed by atoms with E-state index in [0.29, 0.717) is 0 Å². The van der Waals surface area contributed by atoms with Gasteiger partial charge in [0.1, 0.15) is 0 Å². The molecule has 0 spiro atoms. The average Bonchev–Trinajstić information content (AvgIpc) is 3.56. The van der Waals surface area contributed by atoms with E-state index >= 15 is 0 Å². The highest BCUT2D eigenvalue weighted by Crippen LogP contribution is 2.53. The molecule has 3 heterocycles. The summed E-state index contributed by atoms with van der Waals surface area (Å²) in [5, 5.41) is 2.32. The van der Waals surface area contributed by atoms with E-state index in [1.165, 1.54) is 39.0 Å². The molecule has 0 bridgehead atoms. The van der Waals surface area contributed by atoms with Gasteiger partial charge in [0.2, 0.25) is 0 Å². The van der Waals surface area contributed by atoms with E-state index in [-0.39, 0.29) is 5.41 Å². The molecule has 0 saturated carbocycles. The normalized spacial score (nSPS) is 13.1. The van der Waals surface area contributed by atoms with Crippen LogP contribution in [0.25, 0.3) is 38.6 Å². The summed E-state index contributed by atoms with van der Waals surface area (Å²) in [6.07, 6.45) is 3.88. The monoisotopic (exact) mass is 694 g/mol. The number of rotatable bonds is 6. The standard InChI is InChI=1S/C50H38N4/c1-50(2)44-20-12-13-21-48(44)54(41-27-29-46-42(33-41)43-34-51-31-30-47(43)53(46)39-18-10-5-11-19-39)49-28-24-36(32-45(49)50)35-22-25-40(26-23-35)52(37-14-6-3-7-15-37)38-16-8-4-9-17-38/h3-34H,1-2H3. The van der Waals surface area contributed by atoms with Crippen molar-refractivity contribution in [3.63, 3.8) is 0 Å². The van der Waals surface area contributed by atoms with Gasteiger partial charge >= 0.3 is 0 Å². The summed E-state index contributed by atoms with van der Waals surface area (Å²) in [5.41, 5.74) is 15.1. The molecule has 0 radical (unpaired) electrons. The van der Waals surface area contributed by atoms with Crippen molar-refractivity contribution in [3.05, 3.63) is 206 Å². The van der Waals surface area contributed by atoms with E-state index < -0.39 is 0 Å². The van der Waals surface area contributed by atoms with Crippen molar-refractivity contribution in [1.82, 2.24) is 9.55 Å². The van der Waals surface area contributed by atoms with E-state index in [1.54, 1.807) is 0 Å². The summed E-state index contributed by atoms with van der Waals surface area (Å²) in [5.74, 6) is 0. The fourth-order valence-corrected chi connectivity index (χ4v) is 8.41. The lowest BCUT2D eigenvalue weighted by atomic mass is 9.73. The van der Waals surface area contributed by atoms with Crippen LogP contribution in [0.2, 0.25) is 0 Å². The second-order valence-corrected chi connectivity index (χ2v) is 14.5. The number of benzene rings is 7. The third-order valence-corrected chi connectivity index (χ3v) is 11.0. The number of pyridine rings is 1. The summed E-state index contributed by atoms with van der Waals surface area (Å²) in [7, 11) is 0. The Labute approximate surface area is 315 Å². The molecule has 4 heteroatoms. The van der Waals surface area contributed by atoms with Gasteiger partial charge in [0, 0.05) is 57.0 Å². The molecule has 0 amide bonds. The van der Waals surface area contributed by atoms with Crippen molar-refractivity contribution in [3.8, 4) is 16.8 Å². The van der Waals surface area contributed by atoms with Gasteiger partial charge in [0.05, 0.1) is 22.4 Å². The van der Waals surface area contributed by atoms with Crippen LogP contribution < -0.4 is 9.80 Å². The molecule has 0 N–H and O–H groups in total. The van der Waals surface area contributed by atoms with Crippen LogP contribution in [-0.2, 0) is 5.41 Å². The minimum atomic E-state index is -0.215. The van der Waals surface area contributed by atoms with Gasteiger partial charge in [0.15, 0.2) is 0 Å². The van der Waals surface area contributed by atoms with Crippen molar-refractivity contribution in [2.24, 2.45) is 0 Å². The maximum Gasteiger partial charge on any atom is 0.0571 e. The molecule has 0 atom stereocenters. The quantitative estimate of drug-likeness (QED) is 0.173. The lowest BCUT2D eigenvalue weighted by Crippen LogP contribution is -2.30. The number of hydrogen-bond donors (Lipinski definition) is 0. The van der Waals surface area contributed by atoms with Gasteiger partial charge in [-0.25, -0.2) is 0 Å². The van der Waals surface area contributed by atoms with E-state index in [9.17, 15) is 0 Å². The topological polar surface area (TPSA) is 24.3 Å². The molecule has 0 aliphatic carbocycles. The number of para-hydroxylation sites is 4. The van der Waals surface area contributed by atoms with Crippen molar-refractivity contribution < 1.29 is 0 Å².